The van der Waals surface area contributed by atoms with Gasteiger partial charge in [0.15, 0.2) is 0 Å². The smallest absolute Gasteiger partial charge is 0.118 e. The van der Waals surface area contributed by atoms with Crippen LogP contribution in [-0.4, -0.2) is 20.3 Å². The summed E-state index contributed by atoms with van der Waals surface area (Å²) in [5, 5.41) is 0. The minimum Gasteiger partial charge on any atom is -0.382 e. The maximum absolute atomic E-state index is 6.05. The van der Waals surface area contributed by atoms with E-state index in [1.807, 2.05) is 12.1 Å². The van der Waals surface area contributed by atoms with Crippen LogP contribution in [0.2, 0.25) is 0 Å². The Labute approximate surface area is 127 Å². The van der Waals surface area contributed by atoms with Crippen molar-refractivity contribution in [3.8, 4) is 0 Å². The molecule has 2 rings (SSSR count). The molecule has 0 heterocycles. The minimum atomic E-state index is -0.421. The third kappa shape index (κ3) is 3.52. The van der Waals surface area contributed by atoms with Crippen molar-refractivity contribution in [2.24, 2.45) is 0 Å². The molecule has 0 fully saturated rings. The Bertz CT molecular complexity index is 482. The van der Waals surface area contributed by atoms with Gasteiger partial charge in [-0.15, -0.1) is 0 Å². The number of benzene rings is 2. The summed E-state index contributed by atoms with van der Waals surface area (Å²) in [5.74, 6) is 0. The lowest BCUT2D eigenvalue weighted by Crippen LogP contribution is -2.31. The minimum absolute atomic E-state index is 0.215. The normalized spacial score (nSPS) is 13.1. The van der Waals surface area contributed by atoms with Crippen molar-refractivity contribution in [3.05, 3.63) is 71.8 Å². The molecular weight excluding hydrogens is 260 g/mol. The SMILES string of the molecule is COC(C)CCC(OC)(c1ccccc1)c1ccccc1. The Morgan fingerprint density at radius 1 is 0.857 bits per heavy atom. The average molecular weight is 284 g/mol. The fourth-order valence-corrected chi connectivity index (χ4v) is 2.73. The highest BCUT2D eigenvalue weighted by Crippen LogP contribution is 2.38. The van der Waals surface area contributed by atoms with E-state index in [4.69, 9.17) is 9.47 Å². The van der Waals surface area contributed by atoms with Gasteiger partial charge in [0.05, 0.1) is 6.10 Å². The van der Waals surface area contributed by atoms with Crippen LogP contribution in [0.3, 0.4) is 0 Å². The van der Waals surface area contributed by atoms with Gasteiger partial charge in [0.1, 0.15) is 5.60 Å². The van der Waals surface area contributed by atoms with E-state index >= 15 is 0 Å². The Kier molecular flexibility index (Phi) is 5.54. The summed E-state index contributed by atoms with van der Waals surface area (Å²) in [6.07, 6.45) is 2.03. The first-order valence-corrected chi connectivity index (χ1v) is 7.42. The third-order valence-corrected chi connectivity index (χ3v) is 4.13. The highest BCUT2D eigenvalue weighted by Gasteiger charge is 2.34. The lowest BCUT2D eigenvalue weighted by atomic mass is 9.81. The second-order valence-corrected chi connectivity index (χ2v) is 5.35. The molecule has 0 saturated carbocycles. The molecule has 112 valence electrons. The molecule has 0 N–H and O–H groups in total. The molecule has 1 unspecified atom stereocenters. The molecule has 21 heavy (non-hydrogen) atoms. The zero-order valence-electron chi connectivity index (χ0n) is 13.1. The van der Waals surface area contributed by atoms with Crippen LogP contribution in [0.25, 0.3) is 0 Å². The summed E-state index contributed by atoms with van der Waals surface area (Å²) in [6.45, 7) is 2.09. The van der Waals surface area contributed by atoms with Gasteiger partial charge in [-0.1, -0.05) is 60.7 Å². The summed E-state index contributed by atoms with van der Waals surface area (Å²) in [6, 6.07) is 20.8. The molecule has 0 saturated heterocycles. The molecule has 1 atom stereocenters. The maximum Gasteiger partial charge on any atom is 0.118 e. The van der Waals surface area contributed by atoms with Crippen molar-refractivity contribution in [1.82, 2.24) is 0 Å². The summed E-state index contributed by atoms with van der Waals surface area (Å²) < 4.78 is 11.5. The van der Waals surface area contributed by atoms with E-state index in [0.717, 1.165) is 12.8 Å². The Morgan fingerprint density at radius 2 is 1.33 bits per heavy atom. The molecule has 2 aromatic carbocycles. The average Bonchev–Trinajstić information content (AvgIpc) is 2.57. The van der Waals surface area contributed by atoms with Crippen LogP contribution in [0.5, 0.6) is 0 Å². The van der Waals surface area contributed by atoms with Crippen LogP contribution in [-0.2, 0) is 15.1 Å². The van der Waals surface area contributed by atoms with Gasteiger partial charge in [-0.25, -0.2) is 0 Å². The van der Waals surface area contributed by atoms with Crippen LogP contribution in [0.4, 0.5) is 0 Å². The highest BCUT2D eigenvalue weighted by atomic mass is 16.5. The third-order valence-electron chi connectivity index (χ3n) is 4.13. The Hall–Kier alpha value is -1.64. The van der Waals surface area contributed by atoms with Crippen LogP contribution < -0.4 is 0 Å². The van der Waals surface area contributed by atoms with Crippen LogP contribution in [0.15, 0.2) is 60.7 Å². The van der Waals surface area contributed by atoms with E-state index in [2.05, 4.69) is 55.5 Å². The van der Waals surface area contributed by atoms with Crippen molar-refractivity contribution in [1.29, 1.82) is 0 Å². The van der Waals surface area contributed by atoms with Gasteiger partial charge < -0.3 is 9.47 Å². The number of methoxy groups -OCH3 is 2. The van der Waals surface area contributed by atoms with Crippen molar-refractivity contribution < 1.29 is 9.47 Å². The van der Waals surface area contributed by atoms with E-state index in [0.29, 0.717) is 0 Å². The molecule has 0 amide bonds. The zero-order valence-corrected chi connectivity index (χ0v) is 13.1. The summed E-state index contributed by atoms with van der Waals surface area (Å²) in [4.78, 5) is 0. The first-order valence-electron chi connectivity index (χ1n) is 7.42. The largest absolute Gasteiger partial charge is 0.382 e. The van der Waals surface area contributed by atoms with Crippen molar-refractivity contribution in [3.63, 3.8) is 0 Å². The van der Waals surface area contributed by atoms with Crippen LogP contribution in [0.1, 0.15) is 30.9 Å². The molecule has 2 heteroatoms. The summed E-state index contributed by atoms with van der Waals surface area (Å²) in [7, 11) is 3.54. The quantitative estimate of drug-likeness (QED) is 0.750. The molecule has 2 aromatic rings. The molecule has 0 aliphatic carbocycles. The predicted molar refractivity (Wildman–Crippen MR) is 86.4 cm³/mol. The Balaban J connectivity index is 2.41. The maximum atomic E-state index is 6.05. The second kappa shape index (κ2) is 7.39. The second-order valence-electron chi connectivity index (χ2n) is 5.35. The first kappa shape index (κ1) is 15.7. The standard InChI is InChI=1S/C19H24O2/c1-16(20-2)14-15-19(21-3,17-10-6-4-7-11-17)18-12-8-5-9-13-18/h4-13,16H,14-15H2,1-3H3. The Morgan fingerprint density at radius 3 is 1.71 bits per heavy atom. The number of rotatable bonds is 7. The van der Waals surface area contributed by atoms with Gasteiger partial charge in [-0.3, -0.25) is 0 Å². The highest BCUT2D eigenvalue weighted by molar-refractivity contribution is 5.36. The molecule has 0 bridgehead atoms. The van der Waals surface area contributed by atoms with Gasteiger partial charge >= 0.3 is 0 Å². The molecule has 2 nitrogen and oxygen atoms in total. The molecule has 0 radical (unpaired) electrons. The van der Waals surface area contributed by atoms with Gasteiger partial charge in [-0.05, 0) is 30.9 Å². The first-order chi connectivity index (χ1) is 10.2. The van der Waals surface area contributed by atoms with E-state index in [1.54, 1.807) is 14.2 Å². The summed E-state index contributed by atoms with van der Waals surface area (Å²) >= 11 is 0. The van der Waals surface area contributed by atoms with E-state index < -0.39 is 5.60 Å². The van der Waals surface area contributed by atoms with Gasteiger partial charge in [-0.2, -0.15) is 0 Å². The van der Waals surface area contributed by atoms with E-state index in [1.165, 1.54) is 11.1 Å². The van der Waals surface area contributed by atoms with E-state index in [-0.39, 0.29) is 6.10 Å². The monoisotopic (exact) mass is 284 g/mol. The molecule has 0 aliphatic heterocycles. The van der Waals surface area contributed by atoms with Crippen molar-refractivity contribution >= 4 is 0 Å². The number of hydrogen-bond acceptors (Lipinski definition) is 2. The number of hydrogen-bond donors (Lipinski definition) is 0. The molecule has 0 aliphatic rings. The number of ether oxygens (including phenoxy) is 2. The predicted octanol–water partition coefficient (Wildman–Crippen LogP) is 4.39. The van der Waals surface area contributed by atoms with Crippen LogP contribution in [0, 0.1) is 0 Å². The van der Waals surface area contributed by atoms with Gasteiger partial charge in [0, 0.05) is 14.2 Å². The topological polar surface area (TPSA) is 18.5 Å². The lowest BCUT2D eigenvalue weighted by molar-refractivity contribution is -0.00147. The summed E-state index contributed by atoms with van der Waals surface area (Å²) in [5.41, 5.74) is 1.94. The fourth-order valence-electron chi connectivity index (χ4n) is 2.73. The molecular formula is C19H24O2. The van der Waals surface area contributed by atoms with Crippen molar-refractivity contribution in [2.45, 2.75) is 31.5 Å². The van der Waals surface area contributed by atoms with E-state index in [9.17, 15) is 0 Å². The molecule has 0 aromatic heterocycles. The lowest BCUT2D eigenvalue weighted by Gasteiger charge is -2.34. The van der Waals surface area contributed by atoms with Gasteiger partial charge in [0.25, 0.3) is 0 Å². The molecule has 0 spiro atoms. The zero-order chi connectivity index (χ0) is 15.1. The van der Waals surface area contributed by atoms with Crippen molar-refractivity contribution in [2.75, 3.05) is 14.2 Å². The fraction of sp³-hybridized carbons (Fsp3) is 0.368. The van der Waals surface area contributed by atoms with Crippen LogP contribution >= 0.6 is 0 Å². The van der Waals surface area contributed by atoms with Gasteiger partial charge in [0.2, 0.25) is 0 Å².